The molecule has 4 heteroatoms. The molecule has 2 aliphatic rings. The number of fused-ring (bicyclic) bond motifs is 1. The van der Waals surface area contributed by atoms with Gasteiger partial charge in [0.2, 0.25) is 0 Å². The van der Waals surface area contributed by atoms with E-state index in [1.807, 2.05) is 12.1 Å². The molecule has 2 atom stereocenters. The van der Waals surface area contributed by atoms with Crippen LogP contribution in [0, 0.1) is 0 Å². The molecule has 1 saturated heterocycles. The molecule has 2 N–H and O–H groups in total. The summed E-state index contributed by atoms with van der Waals surface area (Å²) >= 11 is 0. The highest BCUT2D eigenvalue weighted by molar-refractivity contribution is 5.44. The molecule has 104 valence electrons. The van der Waals surface area contributed by atoms with Gasteiger partial charge in [-0.15, -0.1) is 0 Å². The van der Waals surface area contributed by atoms with Crippen LogP contribution in [-0.2, 0) is 0 Å². The lowest BCUT2D eigenvalue weighted by Gasteiger charge is -2.41. The lowest BCUT2D eigenvalue weighted by molar-refractivity contribution is 0.100. The van der Waals surface area contributed by atoms with E-state index in [2.05, 4.69) is 11.0 Å². The summed E-state index contributed by atoms with van der Waals surface area (Å²) in [5.41, 5.74) is 7.51. The first-order valence-electron chi connectivity index (χ1n) is 7.10. The fourth-order valence-corrected chi connectivity index (χ4v) is 3.18. The van der Waals surface area contributed by atoms with Crippen LogP contribution in [0.3, 0.4) is 0 Å². The molecular formula is C15H22N2O2. The number of methoxy groups -OCH3 is 1. The van der Waals surface area contributed by atoms with Gasteiger partial charge in [0.25, 0.3) is 0 Å². The smallest absolute Gasteiger partial charge is 0.127 e. The van der Waals surface area contributed by atoms with Crippen molar-refractivity contribution in [2.24, 2.45) is 5.73 Å². The maximum atomic E-state index is 6.30. The predicted molar refractivity (Wildman–Crippen MR) is 74.6 cm³/mol. The van der Waals surface area contributed by atoms with Crippen LogP contribution in [0.25, 0.3) is 0 Å². The fraction of sp³-hybridized carbons (Fsp3) is 0.600. The second-order valence-electron chi connectivity index (χ2n) is 5.42. The number of hydrogen-bond acceptors (Lipinski definition) is 4. The van der Waals surface area contributed by atoms with Gasteiger partial charge in [-0.3, -0.25) is 4.90 Å². The molecule has 0 radical (unpaired) electrons. The van der Waals surface area contributed by atoms with Gasteiger partial charge in [-0.2, -0.15) is 0 Å². The van der Waals surface area contributed by atoms with Gasteiger partial charge < -0.3 is 15.2 Å². The van der Waals surface area contributed by atoms with Crippen LogP contribution in [0.2, 0.25) is 0 Å². The van der Waals surface area contributed by atoms with Crippen molar-refractivity contribution in [3.63, 3.8) is 0 Å². The monoisotopic (exact) mass is 262 g/mol. The van der Waals surface area contributed by atoms with Gasteiger partial charge >= 0.3 is 0 Å². The minimum atomic E-state index is 0.0546. The highest BCUT2D eigenvalue weighted by atomic mass is 16.5. The second kappa shape index (κ2) is 5.39. The standard InChI is InChI=1S/C15H22N2O2/c1-18-11-5-6-12-14(9-11)19-10-13(16)15(12)17-7-3-2-4-8-17/h5-6,9,13,15H,2-4,7-8,10,16H2,1H3. The van der Waals surface area contributed by atoms with Crippen LogP contribution in [-0.4, -0.2) is 37.7 Å². The van der Waals surface area contributed by atoms with Crippen LogP contribution in [0.1, 0.15) is 30.9 Å². The Morgan fingerprint density at radius 3 is 2.79 bits per heavy atom. The highest BCUT2D eigenvalue weighted by Gasteiger charge is 2.33. The fourth-order valence-electron chi connectivity index (χ4n) is 3.18. The van der Waals surface area contributed by atoms with Crippen LogP contribution in [0.15, 0.2) is 18.2 Å². The molecule has 3 rings (SSSR count). The molecule has 1 aromatic rings. The first kappa shape index (κ1) is 12.8. The number of nitrogens with zero attached hydrogens (tertiary/aromatic N) is 1. The second-order valence-corrected chi connectivity index (χ2v) is 5.42. The Hall–Kier alpha value is -1.26. The molecular weight excluding hydrogens is 240 g/mol. The summed E-state index contributed by atoms with van der Waals surface area (Å²) in [5, 5.41) is 0. The van der Waals surface area contributed by atoms with Crippen molar-refractivity contribution in [2.45, 2.75) is 31.3 Å². The van der Waals surface area contributed by atoms with E-state index in [4.69, 9.17) is 15.2 Å². The van der Waals surface area contributed by atoms with Gasteiger partial charge in [-0.1, -0.05) is 6.42 Å². The molecule has 1 aromatic carbocycles. The molecule has 4 nitrogen and oxygen atoms in total. The molecule has 0 aromatic heterocycles. The Labute approximate surface area is 114 Å². The summed E-state index contributed by atoms with van der Waals surface area (Å²) in [4.78, 5) is 2.52. The van der Waals surface area contributed by atoms with Gasteiger partial charge in [0.1, 0.15) is 18.1 Å². The maximum Gasteiger partial charge on any atom is 0.127 e. The zero-order chi connectivity index (χ0) is 13.2. The van der Waals surface area contributed by atoms with Crippen molar-refractivity contribution in [3.05, 3.63) is 23.8 Å². The molecule has 2 aliphatic heterocycles. The Balaban J connectivity index is 1.91. The van der Waals surface area contributed by atoms with E-state index in [1.165, 1.54) is 24.8 Å². The summed E-state index contributed by atoms with van der Waals surface area (Å²) in [6.45, 7) is 2.87. The Kier molecular flexibility index (Phi) is 3.62. The van der Waals surface area contributed by atoms with E-state index >= 15 is 0 Å². The van der Waals surface area contributed by atoms with Crippen molar-refractivity contribution < 1.29 is 9.47 Å². The van der Waals surface area contributed by atoms with Gasteiger partial charge in [0.15, 0.2) is 0 Å². The van der Waals surface area contributed by atoms with Crippen molar-refractivity contribution in [1.29, 1.82) is 0 Å². The van der Waals surface area contributed by atoms with E-state index in [0.717, 1.165) is 24.6 Å². The zero-order valence-electron chi connectivity index (χ0n) is 11.5. The van der Waals surface area contributed by atoms with Crippen LogP contribution in [0.5, 0.6) is 11.5 Å². The average Bonchev–Trinajstić information content (AvgIpc) is 2.47. The van der Waals surface area contributed by atoms with Crippen molar-refractivity contribution in [2.75, 3.05) is 26.8 Å². The zero-order valence-corrected chi connectivity index (χ0v) is 11.5. The van der Waals surface area contributed by atoms with Gasteiger partial charge in [0.05, 0.1) is 19.2 Å². The third-order valence-electron chi connectivity index (χ3n) is 4.16. The topological polar surface area (TPSA) is 47.7 Å². The third kappa shape index (κ3) is 2.42. The van der Waals surface area contributed by atoms with E-state index in [-0.39, 0.29) is 12.1 Å². The molecule has 0 spiro atoms. The summed E-state index contributed by atoms with van der Waals surface area (Å²) in [7, 11) is 1.68. The molecule has 19 heavy (non-hydrogen) atoms. The third-order valence-corrected chi connectivity index (χ3v) is 4.16. The molecule has 0 aliphatic carbocycles. The largest absolute Gasteiger partial charge is 0.497 e. The van der Waals surface area contributed by atoms with E-state index in [1.54, 1.807) is 7.11 Å². The van der Waals surface area contributed by atoms with Gasteiger partial charge in [-0.25, -0.2) is 0 Å². The van der Waals surface area contributed by atoms with E-state index in [0.29, 0.717) is 6.61 Å². The normalized spacial score (nSPS) is 27.5. The molecule has 0 saturated carbocycles. The predicted octanol–water partition coefficient (Wildman–Crippen LogP) is 1.94. The number of likely N-dealkylation sites (tertiary alicyclic amines) is 1. The Bertz CT molecular complexity index is 444. The van der Waals surface area contributed by atoms with E-state index < -0.39 is 0 Å². The summed E-state index contributed by atoms with van der Waals surface area (Å²) < 4.78 is 11.0. The number of rotatable bonds is 2. The van der Waals surface area contributed by atoms with Gasteiger partial charge in [-0.05, 0) is 38.1 Å². The SMILES string of the molecule is COc1ccc2c(c1)OCC(N)C2N1CCCCC1. The first-order valence-corrected chi connectivity index (χ1v) is 7.10. The molecule has 1 fully saturated rings. The van der Waals surface area contributed by atoms with Crippen LogP contribution < -0.4 is 15.2 Å². The van der Waals surface area contributed by atoms with Crippen LogP contribution in [0.4, 0.5) is 0 Å². The number of hydrogen-bond donors (Lipinski definition) is 1. The quantitative estimate of drug-likeness (QED) is 0.885. The molecule has 2 unspecified atom stereocenters. The van der Waals surface area contributed by atoms with Crippen molar-refractivity contribution in [3.8, 4) is 11.5 Å². The number of nitrogens with two attached hydrogens (primary N) is 1. The Morgan fingerprint density at radius 2 is 2.05 bits per heavy atom. The van der Waals surface area contributed by atoms with Gasteiger partial charge in [0, 0.05) is 11.6 Å². The first-order chi connectivity index (χ1) is 9.29. The lowest BCUT2D eigenvalue weighted by Crippen LogP contribution is -2.48. The number of ether oxygens (including phenoxy) is 2. The lowest BCUT2D eigenvalue weighted by atomic mass is 9.93. The summed E-state index contributed by atoms with van der Waals surface area (Å²) in [6.07, 6.45) is 3.88. The maximum absolute atomic E-state index is 6.30. The van der Waals surface area contributed by atoms with E-state index in [9.17, 15) is 0 Å². The number of piperidine rings is 1. The van der Waals surface area contributed by atoms with Crippen molar-refractivity contribution >= 4 is 0 Å². The molecule has 2 heterocycles. The molecule has 0 bridgehead atoms. The minimum absolute atomic E-state index is 0.0546. The summed E-state index contributed by atoms with van der Waals surface area (Å²) in [6, 6.07) is 6.41. The van der Waals surface area contributed by atoms with Crippen LogP contribution >= 0.6 is 0 Å². The summed E-state index contributed by atoms with van der Waals surface area (Å²) in [5.74, 6) is 1.77. The number of benzene rings is 1. The van der Waals surface area contributed by atoms with Crippen molar-refractivity contribution in [1.82, 2.24) is 4.90 Å². The Morgan fingerprint density at radius 1 is 1.26 bits per heavy atom. The minimum Gasteiger partial charge on any atom is -0.497 e. The highest BCUT2D eigenvalue weighted by Crippen LogP contribution is 2.38. The average molecular weight is 262 g/mol. The molecule has 0 amide bonds.